The lowest BCUT2D eigenvalue weighted by atomic mass is 9.97. The van der Waals surface area contributed by atoms with E-state index in [0.29, 0.717) is 24.3 Å². The molecule has 1 aliphatic carbocycles. The lowest BCUT2D eigenvalue weighted by molar-refractivity contribution is -0.133. The number of nitrogens with one attached hydrogen (secondary N) is 1. The zero-order valence-electron chi connectivity index (χ0n) is 20.1. The van der Waals surface area contributed by atoms with Gasteiger partial charge in [0, 0.05) is 65.8 Å². The SMILES string of the molecule is CCc1ccc2c(-c3cncc(Br)c3)c(C(=O)NC3CCN(C(=O)C4CC4)CC3)c(COC)nn12. The summed E-state index contributed by atoms with van der Waals surface area (Å²) < 4.78 is 8.21. The van der Waals surface area contributed by atoms with Crippen LogP contribution in [0, 0.1) is 5.92 Å². The number of hydrogen-bond donors (Lipinski definition) is 1. The first-order valence-corrected chi connectivity index (χ1v) is 13.0. The highest BCUT2D eigenvalue weighted by Gasteiger charge is 2.35. The topological polar surface area (TPSA) is 88.8 Å². The van der Waals surface area contributed by atoms with Crippen molar-refractivity contribution >= 4 is 33.3 Å². The van der Waals surface area contributed by atoms with Gasteiger partial charge < -0.3 is 15.0 Å². The molecule has 9 heteroatoms. The molecular weight excluding hydrogens is 510 g/mol. The van der Waals surface area contributed by atoms with Crippen LogP contribution in [0.5, 0.6) is 0 Å². The Morgan fingerprint density at radius 1 is 1.17 bits per heavy atom. The van der Waals surface area contributed by atoms with Crippen LogP contribution in [-0.4, -0.2) is 57.6 Å². The molecular formula is C26H30BrN5O3. The van der Waals surface area contributed by atoms with Crippen molar-refractivity contribution in [2.45, 2.75) is 51.7 Å². The van der Waals surface area contributed by atoms with Gasteiger partial charge in [-0.3, -0.25) is 14.6 Å². The summed E-state index contributed by atoms with van der Waals surface area (Å²) in [6, 6.07) is 6.03. The molecule has 0 spiro atoms. The van der Waals surface area contributed by atoms with Crippen molar-refractivity contribution in [1.29, 1.82) is 0 Å². The van der Waals surface area contributed by atoms with Gasteiger partial charge in [0.25, 0.3) is 5.91 Å². The number of fused-ring (bicyclic) bond motifs is 1. The number of carbonyl (C=O) groups excluding carboxylic acids is 2. The van der Waals surface area contributed by atoms with Crippen molar-refractivity contribution in [2.24, 2.45) is 5.92 Å². The molecule has 0 radical (unpaired) electrons. The second-order valence-corrected chi connectivity index (χ2v) is 10.3. The number of piperidine rings is 1. The highest BCUT2D eigenvalue weighted by molar-refractivity contribution is 9.10. The largest absolute Gasteiger partial charge is 0.378 e. The molecule has 2 aliphatic rings. The number of amides is 2. The number of likely N-dealkylation sites (tertiary alicyclic amines) is 1. The zero-order chi connectivity index (χ0) is 24.5. The smallest absolute Gasteiger partial charge is 0.254 e. The van der Waals surface area contributed by atoms with Crippen LogP contribution < -0.4 is 5.32 Å². The predicted molar refractivity (Wildman–Crippen MR) is 136 cm³/mol. The van der Waals surface area contributed by atoms with Crippen molar-refractivity contribution in [1.82, 2.24) is 24.8 Å². The normalized spacial score (nSPS) is 16.6. The fraction of sp³-hybridized carbons (Fsp3) is 0.462. The number of hydrogen-bond acceptors (Lipinski definition) is 5. The van der Waals surface area contributed by atoms with E-state index in [4.69, 9.17) is 9.84 Å². The molecule has 184 valence electrons. The summed E-state index contributed by atoms with van der Waals surface area (Å²) in [5, 5.41) is 8.06. The standard InChI is InChI=1S/C26H30BrN5O3/c1-3-20-6-7-22-23(17-12-18(27)14-28-13-17)24(21(15-35-2)30-32(20)22)25(33)29-19-8-10-31(11-9-19)26(34)16-4-5-16/h6-7,12-14,16,19H,3-5,8-11,15H2,1-2H3,(H,29,33). The molecule has 1 saturated heterocycles. The Bertz CT molecular complexity index is 1260. The minimum absolute atomic E-state index is 0.00356. The lowest BCUT2D eigenvalue weighted by Gasteiger charge is -2.32. The molecule has 35 heavy (non-hydrogen) atoms. The number of nitrogens with zero attached hydrogens (tertiary/aromatic N) is 4. The summed E-state index contributed by atoms with van der Waals surface area (Å²) in [5.74, 6) is 0.330. The van der Waals surface area contributed by atoms with E-state index < -0.39 is 0 Å². The third kappa shape index (κ3) is 4.84. The molecule has 1 N–H and O–H groups in total. The summed E-state index contributed by atoms with van der Waals surface area (Å²) in [6.07, 6.45) is 7.84. The van der Waals surface area contributed by atoms with Gasteiger partial charge in [-0.05, 0) is 66.2 Å². The molecule has 5 rings (SSSR count). The highest BCUT2D eigenvalue weighted by atomic mass is 79.9. The zero-order valence-corrected chi connectivity index (χ0v) is 21.7. The lowest BCUT2D eigenvalue weighted by Crippen LogP contribution is -2.47. The van der Waals surface area contributed by atoms with E-state index in [1.807, 2.05) is 27.6 Å². The van der Waals surface area contributed by atoms with Crippen LogP contribution in [-0.2, 0) is 22.6 Å². The molecule has 3 aromatic rings. The molecule has 8 nitrogen and oxygen atoms in total. The van der Waals surface area contributed by atoms with Gasteiger partial charge in [0.2, 0.25) is 5.91 Å². The van der Waals surface area contributed by atoms with E-state index >= 15 is 0 Å². The van der Waals surface area contributed by atoms with Crippen molar-refractivity contribution in [3.63, 3.8) is 0 Å². The first-order chi connectivity index (χ1) is 17.0. The van der Waals surface area contributed by atoms with Gasteiger partial charge in [-0.1, -0.05) is 6.92 Å². The van der Waals surface area contributed by atoms with Gasteiger partial charge in [-0.2, -0.15) is 5.10 Å². The third-order valence-electron chi connectivity index (χ3n) is 6.88. The summed E-state index contributed by atoms with van der Waals surface area (Å²) in [7, 11) is 1.61. The molecule has 0 unspecified atom stereocenters. The van der Waals surface area contributed by atoms with Crippen molar-refractivity contribution in [3.05, 3.63) is 52.0 Å². The Morgan fingerprint density at radius 3 is 2.60 bits per heavy atom. The molecule has 1 saturated carbocycles. The van der Waals surface area contributed by atoms with E-state index in [9.17, 15) is 9.59 Å². The van der Waals surface area contributed by atoms with Crippen LogP contribution >= 0.6 is 15.9 Å². The quantitative estimate of drug-likeness (QED) is 0.490. The fourth-order valence-electron chi connectivity index (χ4n) is 4.90. The van der Waals surface area contributed by atoms with E-state index in [1.54, 1.807) is 19.5 Å². The van der Waals surface area contributed by atoms with Crippen LogP contribution in [0.4, 0.5) is 0 Å². The average Bonchev–Trinajstić information content (AvgIpc) is 3.63. The van der Waals surface area contributed by atoms with Crippen molar-refractivity contribution in [2.75, 3.05) is 20.2 Å². The van der Waals surface area contributed by atoms with E-state index in [1.165, 1.54) is 0 Å². The molecule has 2 fully saturated rings. The molecule has 3 aromatic heterocycles. The summed E-state index contributed by atoms with van der Waals surface area (Å²) in [6.45, 7) is 3.66. The van der Waals surface area contributed by atoms with E-state index in [0.717, 1.165) is 58.9 Å². The summed E-state index contributed by atoms with van der Waals surface area (Å²) in [4.78, 5) is 32.5. The van der Waals surface area contributed by atoms with Crippen LogP contribution in [0.2, 0.25) is 0 Å². The minimum atomic E-state index is -0.173. The first-order valence-electron chi connectivity index (χ1n) is 12.2. The number of aromatic nitrogens is 3. The van der Waals surface area contributed by atoms with Crippen LogP contribution in [0.1, 0.15) is 54.4 Å². The number of methoxy groups -OCH3 is 1. The number of pyridine rings is 1. The molecule has 0 bridgehead atoms. The van der Waals surface area contributed by atoms with Crippen molar-refractivity contribution in [3.8, 4) is 11.1 Å². The predicted octanol–water partition coefficient (Wildman–Crippen LogP) is 4.00. The van der Waals surface area contributed by atoms with Gasteiger partial charge in [0.05, 0.1) is 17.7 Å². The fourth-order valence-corrected chi connectivity index (χ4v) is 5.27. The Labute approximate surface area is 213 Å². The Hall–Kier alpha value is -2.78. The first kappa shape index (κ1) is 23.9. The van der Waals surface area contributed by atoms with Gasteiger partial charge in [0.15, 0.2) is 0 Å². The number of aryl methyl sites for hydroxylation is 1. The number of halogens is 1. The minimum Gasteiger partial charge on any atom is -0.378 e. The van der Waals surface area contributed by atoms with Gasteiger partial charge in [-0.15, -0.1) is 0 Å². The maximum Gasteiger partial charge on any atom is 0.254 e. The van der Waals surface area contributed by atoms with Crippen LogP contribution in [0.25, 0.3) is 16.6 Å². The second-order valence-electron chi connectivity index (χ2n) is 9.34. The van der Waals surface area contributed by atoms with Gasteiger partial charge in [-0.25, -0.2) is 4.52 Å². The Balaban J connectivity index is 1.50. The number of ether oxygens (including phenoxy) is 1. The monoisotopic (exact) mass is 539 g/mol. The van der Waals surface area contributed by atoms with Gasteiger partial charge >= 0.3 is 0 Å². The molecule has 0 atom stereocenters. The molecule has 4 heterocycles. The van der Waals surface area contributed by atoms with Crippen molar-refractivity contribution < 1.29 is 14.3 Å². The van der Waals surface area contributed by atoms with E-state index in [2.05, 4.69) is 33.2 Å². The maximum atomic E-state index is 13.8. The Morgan fingerprint density at radius 2 is 1.94 bits per heavy atom. The number of carbonyl (C=O) groups is 2. The molecule has 0 aromatic carbocycles. The molecule has 2 amide bonds. The maximum absolute atomic E-state index is 13.8. The highest BCUT2D eigenvalue weighted by Crippen LogP contribution is 2.34. The second kappa shape index (κ2) is 10.1. The summed E-state index contributed by atoms with van der Waals surface area (Å²) in [5.41, 5.74) is 4.63. The number of rotatable bonds is 7. The molecule has 1 aliphatic heterocycles. The summed E-state index contributed by atoms with van der Waals surface area (Å²) >= 11 is 3.52. The van der Waals surface area contributed by atoms with E-state index in [-0.39, 0.29) is 30.4 Å². The Kier molecular flexibility index (Phi) is 6.88. The third-order valence-corrected chi connectivity index (χ3v) is 7.32. The van der Waals surface area contributed by atoms with Gasteiger partial charge in [0.1, 0.15) is 5.69 Å². The van der Waals surface area contributed by atoms with Crippen LogP contribution in [0.15, 0.2) is 35.1 Å². The average molecular weight is 540 g/mol. The van der Waals surface area contributed by atoms with Crippen LogP contribution in [0.3, 0.4) is 0 Å².